The van der Waals surface area contributed by atoms with Gasteiger partial charge in [0.05, 0.1) is 11.2 Å². The lowest BCUT2D eigenvalue weighted by atomic mass is 9.78. The molecule has 0 spiro atoms. The van der Waals surface area contributed by atoms with Crippen LogP contribution < -0.4 is 0 Å². The van der Waals surface area contributed by atoms with Crippen molar-refractivity contribution in [1.29, 1.82) is 0 Å². The lowest BCUT2D eigenvalue weighted by Crippen LogP contribution is -2.53. The third kappa shape index (κ3) is 15.6. The molecule has 0 saturated carbocycles. The van der Waals surface area contributed by atoms with Crippen molar-refractivity contribution >= 4 is 11.9 Å². The van der Waals surface area contributed by atoms with Crippen LogP contribution in [0.4, 0.5) is 0 Å². The maximum absolute atomic E-state index is 12.9. The molecule has 0 aliphatic heterocycles. The van der Waals surface area contributed by atoms with Gasteiger partial charge in [0.25, 0.3) is 0 Å². The number of carbonyl (C=O) groups excluding carboxylic acids is 2. The van der Waals surface area contributed by atoms with Gasteiger partial charge in [-0.25, -0.2) is 0 Å². The van der Waals surface area contributed by atoms with E-state index in [1.807, 2.05) is 27.7 Å². The van der Waals surface area contributed by atoms with Gasteiger partial charge in [0, 0.05) is 20.1 Å². The van der Waals surface area contributed by atoms with Gasteiger partial charge in [-0.05, 0) is 40.5 Å². The number of rotatable bonds is 21. The Bertz CT molecular complexity index is 480. The summed E-state index contributed by atoms with van der Waals surface area (Å²) in [5, 5.41) is 0. The third-order valence-corrected chi connectivity index (χ3v) is 6.31. The number of unbranched alkanes of at least 4 members (excludes halogenated alkanes) is 12. The number of hydrogen-bond acceptors (Lipinski definition) is 5. The molecule has 196 valence electrons. The Morgan fingerprint density at radius 3 is 1.27 bits per heavy atom. The maximum Gasteiger partial charge on any atom is 0.322 e. The molecule has 0 aromatic carbocycles. The monoisotopic (exact) mass is 470 g/mol. The van der Waals surface area contributed by atoms with Crippen molar-refractivity contribution in [3.63, 3.8) is 0 Å². The fourth-order valence-electron chi connectivity index (χ4n) is 4.56. The Labute approximate surface area is 204 Å². The van der Waals surface area contributed by atoms with Crippen LogP contribution in [0, 0.1) is 5.92 Å². The number of esters is 2. The summed E-state index contributed by atoms with van der Waals surface area (Å²) in [4.78, 5) is 24.4. The van der Waals surface area contributed by atoms with E-state index in [4.69, 9.17) is 14.2 Å². The Hall–Kier alpha value is -0.940. The van der Waals surface area contributed by atoms with E-state index in [-0.39, 0.29) is 0 Å². The van der Waals surface area contributed by atoms with E-state index in [2.05, 4.69) is 13.8 Å². The molecular formula is C28H54O5. The van der Waals surface area contributed by atoms with Crippen LogP contribution >= 0.6 is 0 Å². The normalized spacial score (nSPS) is 12.4. The molecule has 0 amide bonds. The highest BCUT2D eigenvalue weighted by Crippen LogP contribution is 2.35. The van der Waals surface area contributed by atoms with E-state index in [0.717, 1.165) is 25.7 Å². The zero-order valence-corrected chi connectivity index (χ0v) is 22.9. The van der Waals surface area contributed by atoms with Crippen LogP contribution in [0.25, 0.3) is 0 Å². The second-order valence-electron chi connectivity index (χ2n) is 10.5. The van der Waals surface area contributed by atoms with Crippen LogP contribution in [0.3, 0.4) is 0 Å². The highest BCUT2D eigenvalue weighted by molar-refractivity contribution is 5.86. The largest absolute Gasteiger partial charge is 0.393 e. The van der Waals surface area contributed by atoms with E-state index in [1.165, 1.54) is 71.1 Å². The van der Waals surface area contributed by atoms with Crippen molar-refractivity contribution in [3.8, 4) is 0 Å². The minimum absolute atomic E-state index is 0.573. The van der Waals surface area contributed by atoms with Crippen LogP contribution in [-0.4, -0.2) is 36.4 Å². The summed E-state index contributed by atoms with van der Waals surface area (Å²) in [5.74, 6) is -1.88. The first-order chi connectivity index (χ1) is 15.6. The summed E-state index contributed by atoms with van der Waals surface area (Å²) >= 11 is 0. The Morgan fingerprint density at radius 1 is 0.606 bits per heavy atom. The van der Waals surface area contributed by atoms with Gasteiger partial charge in [0.1, 0.15) is 5.92 Å². The zero-order chi connectivity index (χ0) is 25.2. The molecule has 5 nitrogen and oxygen atoms in total. The second kappa shape index (κ2) is 18.4. The van der Waals surface area contributed by atoms with Crippen LogP contribution in [0.15, 0.2) is 0 Å². The van der Waals surface area contributed by atoms with Crippen molar-refractivity contribution in [3.05, 3.63) is 0 Å². The maximum atomic E-state index is 12.9. The van der Waals surface area contributed by atoms with E-state index >= 15 is 0 Å². The first kappa shape index (κ1) is 32.1. The third-order valence-electron chi connectivity index (χ3n) is 6.31. The van der Waals surface area contributed by atoms with Gasteiger partial charge in [-0.1, -0.05) is 90.9 Å². The second-order valence-corrected chi connectivity index (χ2v) is 10.5. The molecule has 0 fully saturated rings. The molecule has 0 unspecified atom stereocenters. The van der Waals surface area contributed by atoms with Gasteiger partial charge >= 0.3 is 11.9 Å². The Kier molecular flexibility index (Phi) is 17.9. The van der Waals surface area contributed by atoms with Crippen molar-refractivity contribution in [1.82, 2.24) is 0 Å². The van der Waals surface area contributed by atoms with Gasteiger partial charge < -0.3 is 14.2 Å². The standard InChI is InChI=1S/C28H54O5/c1-8-10-12-14-16-18-20-22-31-27(4,5)25(26(30)33-24(3)29)28(6,7)32-23-21-19-17-15-13-11-9-2/h25H,8-23H2,1-7H3. The van der Waals surface area contributed by atoms with Crippen molar-refractivity contribution < 1.29 is 23.8 Å². The minimum atomic E-state index is -0.807. The van der Waals surface area contributed by atoms with Gasteiger partial charge in [-0.2, -0.15) is 0 Å². The van der Waals surface area contributed by atoms with Gasteiger partial charge in [0.2, 0.25) is 0 Å². The average molecular weight is 471 g/mol. The molecule has 0 atom stereocenters. The smallest absolute Gasteiger partial charge is 0.322 e. The van der Waals surface area contributed by atoms with Crippen LogP contribution in [0.1, 0.15) is 138 Å². The highest BCUT2D eigenvalue weighted by atomic mass is 16.6. The molecule has 0 rings (SSSR count). The predicted molar refractivity (Wildman–Crippen MR) is 136 cm³/mol. The molecule has 0 aliphatic carbocycles. The van der Waals surface area contributed by atoms with Crippen LogP contribution in [0.2, 0.25) is 0 Å². The van der Waals surface area contributed by atoms with Crippen molar-refractivity contribution in [2.24, 2.45) is 5.92 Å². The fourth-order valence-corrected chi connectivity index (χ4v) is 4.56. The molecule has 0 radical (unpaired) electrons. The molecule has 0 N–H and O–H groups in total. The first-order valence-electron chi connectivity index (χ1n) is 13.6. The van der Waals surface area contributed by atoms with E-state index in [1.54, 1.807) is 0 Å². The molecule has 0 saturated heterocycles. The average Bonchev–Trinajstić information content (AvgIpc) is 2.70. The van der Waals surface area contributed by atoms with E-state index in [9.17, 15) is 9.59 Å². The topological polar surface area (TPSA) is 61.8 Å². The van der Waals surface area contributed by atoms with E-state index in [0.29, 0.717) is 13.2 Å². The SMILES string of the molecule is CCCCCCCCCOC(C)(C)C(C(=O)OC(C)=O)C(C)(C)OCCCCCCCCC. The molecule has 0 aromatic heterocycles. The first-order valence-corrected chi connectivity index (χ1v) is 13.6. The Morgan fingerprint density at radius 2 is 0.939 bits per heavy atom. The quantitative estimate of drug-likeness (QED) is 0.0973. The number of carbonyl (C=O) groups is 2. The summed E-state index contributed by atoms with van der Waals surface area (Å²) < 4.78 is 17.4. The number of hydrogen-bond donors (Lipinski definition) is 0. The molecular weight excluding hydrogens is 416 g/mol. The number of ether oxygens (including phenoxy) is 3. The summed E-state index contributed by atoms with van der Waals surface area (Å²) in [6.45, 7) is 14.5. The highest BCUT2D eigenvalue weighted by Gasteiger charge is 2.49. The van der Waals surface area contributed by atoms with Gasteiger partial charge in [-0.15, -0.1) is 0 Å². The molecule has 0 heterocycles. The molecule has 0 aromatic rings. The minimum Gasteiger partial charge on any atom is -0.393 e. The van der Waals surface area contributed by atoms with Gasteiger partial charge in [-0.3, -0.25) is 9.59 Å². The van der Waals surface area contributed by atoms with Crippen LogP contribution in [0.5, 0.6) is 0 Å². The molecule has 0 bridgehead atoms. The lowest BCUT2D eigenvalue weighted by molar-refractivity contribution is -0.191. The van der Waals surface area contributed by atoms with Crippen LogP contribution in [-0.2, 0) is 23.8 Å². The summed E-state index contributed by atoms with van der Waals surface area (Å²) in [6, 6.07) is 0. The Balaban J connectivity index is 4.75. The van der Waals surface area contributed by atoms with Gasteiger partial charge in [0.15, 0.2) is 0 Å². The molecule has 5 heteroatoms. The summed E-state index contributed by atoms with van der Waals surface area (Å²) in [6.07, 6.45) is 16.9. The summed E-state index contributed by atoms with van der Waals surface area (Å²) in [7, 11) is 0. The fraction of sp³-hybridized carbons (Fsp3) is 0.929. The predicted octanol–water partition coefficient (Wildman–Crippen LogP) is 7.78. The lowest BCUT2D eigenvalue weighted by Gasteiger charge is -2.42. The van der Waals surface area contributed by atoms with Crippen molar-refractivity contribution in [2.75, 3.05) is 13.2 Å². The summed E-state index contributed by atoms with van der Waals surface area (Å²) in [5.41, 5.74) is -1.61. The zero-order valence-electron chi connectivity index (χ0n) is 22.9. The molecule has 33 heavy (non-hydrogen) atoms. The molecule has 0 aliphatic rings. The van der Waals surface area contributed by atoms with E-state index < -0.39 is 29.1 Å². The van der Waals surface area contributed by atoms with Crippen molar-refractivity contribution in [2.45, 2.75) is 150 Å².